The maximum Gasteiger partial charge on any atom is 0.124 e. The molecule has 0 aromatic heterocycles. The molecule has 1 heterocycles. The molecule has 2 rings (SSSR count). The minimum Gasteiger partial charge on any atom is -0.487 e. The molecular formula is C15H22BrNO2. The number of rotatable bonds is 5. The average molecular weight is 328 g/mol. The molecule has 0 fully saturated rings. The summed E-state index contributed by atoms with van der Waals surface area (Å²) in [5.41, 5.74) is 1.08. The lowest BCUT2D eigenvalue weighted by Gasteiger charge is -2.40. The van der Waals surface area contributed by atoms with Crippen LogP contribution in [-0.4, -0.2) is 25.9 Å². The fraction of sp³-hybridized carbons (Fsp3) is 0.600. The van der Waals surface area contributed by atoms with Gasteiger partial charge in [0.05, 0.1) is 0 Å². The summed E-state index contributed by atoms with van der Waals surface area (Å²) in [6.45, 7) is 5.99. The van der Waals surface area contributed by atoms with Gasteiger partial charge in [0.25, 0.3) is 0 Å². The van der Waals surface area contributed by atoms with Crippen molar-refractivity contribution in [1.82, 2.24) is 5.32 Å². The van der Waals surface area contributed by atoms with Gasteiger partial charge in [0.1, 0.15) is 11.4 Å². The zero-order valence-electron chi connectivity index (χ0n) is 11.8. The molecule has 1 N–H and O–H groups in total. The molecule has 106 valence electrons. The molecule has 0 bridgehead atoms. The molecule has 1 aromatic rings. The van der Waals surface area contributed by atoms with Crippen molar-refractivity contribution in [3.05, 3.63) is 28.2 Å². The Balaban J connectivity index is 2.27. The van der Waals surface area contributed by atoms with Crippen molar-refractivity contribution >= 4 is 15.9 Å². The van der Waals surface area contributed by atoms with Crippen molar-refractivity contribution in [2.45, 2.75) is 38.3 Å². The smallest absolute Gasteiger partial charge is 0.124 e. The first kappa shape index (κ1) is 14.8. The maximum absolute atomic E-state index is 6.21. The number of hydrogen-bond donors (Lipinski definition) is 1. The third-order valence-electron chi connectivity index (χ3n) is 3.63. The van der Waals surface area contributed by atoms with Gasteiger partial charge in [-0.05, 0) is 31.7 Å². The number of ether oxygens (including phenoxy) is 2. The van der Waals surface area contributed by atoms with E-state index in [2.05, 4.69) is 41.2 Å². The normalized spacial score (nSPS) is 25.8. The number of halogens is 1. The van der Waals surface area contributed by atoms with Crippen LogP contribution >= 0.6 is 15.9 Å². The van der Waals surface area contributed by atoms with E-state index in [0.717, 1.165) is 36.2 Å². The summed E-state index contributed by atoms with van der Waals surface area (Å²) < 4.78 is 12.5. The Hall–Kier alpha value is -0.580. The van der Waals surface area contributed by atoms with Gasteiger partial charge in [0, 0.05) is 42.6 Å². The fourth-order valence-electron chi connectivity index (χ4n) is 2.63. The van der Waals surface area contributed by atoms with Crippen LogP contribution in [0.25, 0.3) is 0 Å². The van der Waals surface area contributed by atoms with E-state index in [1.54, 1.807) is 7.11 Å². The van der Waals surface area contributed by atoms with Crippen LogP contribution in [0.2, 0.25) is 0 Å². The molecule has 0 aliphatic carbocycles. The molecule has 1 aliphatic heterocycles. The monoisotopic (exact) mass is 327 g/mol. The lowest BCUT2D eigenvalue weighted by atomic mass is 9.86. The first-order chi connectivity index (χ1) is 9.08. The summed E-state index contributed by atoms with van der Waals surface area (Å²) in [4.78, 5) is 0. The Labute approximate surface area is 123 Å². The highest BCUT2D eigenvalue weighted by atomic mass is 79.9. The highest BCUT2D eigenvalue weighted by Gasteiger charge is 2.36. The molecule has 4 heteroatoms. The molecule has 3 nitrogen and oxygen atoms in total. The van der Waals surface area contributed by atoms with E-state index >= 15 is 0 Å². The highest BCUT2D eigenvalue weighted by Crippen LogP contribution is 2.42. The largest absolute Gasteiger partial charge is 0.487 e. The number of nitrogens with one attached hydrogen (secondary N) is 1. The van der Waals surface area contributed by atoms with Crippen molar-refractivity contribution in [2.24, 2.45) is 0 Å². The van der Waals surface area contributed by atoms with E-state index in [4.69, 9.17) is 9.47 Å². The predicted octanol–water partition coefficient (Wildman–Crippen LogP) is 3.68. The zero-order valence-corrected chi connectivity index (χ0v) is 13.4. The van der Waals surface area contributed by atoms with Crippen LogP contribution in [0.15, 0.2) is 22.7 Å². The summed E-state index contributed by atoms with van der Waals surface area (Å²) >= 11 is 3.54. The second-order valence-electron chi connectivity index (χ2n) is 5.29. The van der Waals surface area contributed by atoms with Gasteiger partial charge in [-0.3, -0.25) is 0 Å². The van der Waals surface area contributed by atoms with Gasteiger partial charge in [-0.2, -0.15) is 0 Å². The van der Waals surface area contributed by atoms with Gasteiger partial charge in [0.15, 0.2) is 0 Å². The van der Waals surface area contributed by atoms with Crippen LogP contribution in [0, 0.1) is 0 Å². The molecule has 0 saturated heterocycles. The molecular weight excluding hydrogens is 306 g/mol. The average Bonchev–Trinajstić information content (AvgIpc) is 2.38. The SMILES string of the molecule is CCNC1CC(C)(CCOC)Oc2ccc(Br)cc21. The van der Waals surface area contributed by atoms with E-state index in [1.165, 1.54) is 5.56 Å². The third kappa shape index (κ3) is 3.50. The van der Waals surface area contributed by atoms with E-state index < -0.39 is 0 Å². The molecule has 1 aromatic carbocycles. The van der Waals surface area contributed by atoms with Crippen LogP contribution in [0.4, 0.5) is 0 Å². The highest BCUT2D eigenvalue weighted by molar-refractivity contribution is 9.10. The molecule has 2 unspecified atom stereocenters. The Kier molecular flexibility index (Phi) is 4.87. The van der Waals surface area contributed by atoms with Crippen LogP contribution in [0.3, 0.4) is 0 Å². The second-order valence-corrected chi connectivity index (χ2v) is 6.21. The van der Waals surface area contributed by atoms with Gasteiger partial charge in [-0.1, -0.05) is 22.9 Å². The van der Waals surface area contributed by atoms with Crippen LogP contribution in [0.1, 0.15) is 38.3 Å². The number of methoxy groups -OCH3 is 1. The molecule has 0 amide bonds. The standard InChI is InChI=1S/C15H22BrNO2/c1-4-17-13-10-15(2,7-8-18-3)19-14-6-5-11(16)9-12(13)14/h5-6,9,13,17H,4,7-8,10H2,1-3H3. The van der Waals surface area contributed by atoms with Crippen molar-refractivity contribution in [3.63, 3.8) is 0 Å². The van der Waals surface area contributed by atoms with Gasteiger partial charge < -0.3 is 14.8 Å². The van der Waals surface area contributed by atoms with Crippen LogP contribution in [-0.2, 0) is 4.74 Å². The predicted molar refractivity (Wildman–Crippen MR) is 80.7 cm³/mol. The number of hydrogen-bond acceptors (Lipinski definition) is 3. The summed E-state index contributed by atoms with van der Waals surface area (Å²) in [6, 6.07) is 6.57. The van der Waals surface area contributed by atoms with E-state index in [0.29, 0.717) is 6.04 Å². The van der Waals surface area contributed by atoms with Crippen molar-refractivity contribution < 1.29 is 9.47 Å². The maximum atomic E-state index is 6.21. The first-order valence-electron chi connectivity index (χ1n) is 6.79. The number of benzene rings is 1. The molecule has 2 atom stereocenters. The molecule has 19 heavy (non-hydrogen) atoms. The van der Waals surface area contributed by atoms with Crippen molar-refractivity contribution in [3.8, 4) is 5.75 Å². The van der Waals surface area contributed by atoms with Crippen molar-refractivity contribution in [2.75, 3.05) is 20.3 Å². The van der Waals surface area contributed by atoms with Gasteiger partial charge in [-0.15, -0.1) is 0 Å². The van der Waals surface area contributed by atoms with E-state index in [9.17, 15) is 0 Å². The Bertz CT molecular complexity index is 438. The second kappa shape index (κ2) is 6.25. The minimum atomic E-state index is -0.163. The topological polar surface area (TPSA) is 30.5 Å². The van der Waals surface area contributed by atoms with Gasteiger partial charge in [0.2, 0.25) is 0 Å². The van der Waals surface area contributed by atoms with E-state index in [1.807, 2.05) is 12.1 Å². The minimum absolute atomic E-state index is 0.163. The molecule has 0 radical (unpaired) electrons. The van der Waals surface area contributed by atoms with Crippen LogP contribution < -0.4 is 10.1 Å². The summed E-state index contributed by atoms with van der Waals surface area (Å²) in [7, 11) is 1.74. The fourth-order valence-corrected chi connectivity index (χ4v) is 3.01. The third-order valence-corrected chi connectivity index (χ3v) is 4.12. The number of fused-ring (bicyclic) bond motifs is 1. The van der Waals surface area contributed by atoms with Crippen molar-refractivity contribution in [1.29, 1.82) is 0 Å². The van der Waals surface area contributed by atoms with Gasteiger partial charge >= 0.3 is 0 Å². The Morgan fingerprint density at radius 3 is 3.00 bits per heavy atom. The zero-order chi connectivity index (χ0) is 13.9. The lowest BCUT2D eigenvalue weighted by Crippen LogP contribution is -2.42. The summed E-state index contributed by atoms with van der Waals surface area (Å²) in [5.74, 6) is 0.985. The first-order valence-corrected chi connectivity index (χ1v) is 7.58. The van der Waals surface area contributed by atoms with Crippen LogP contribution in [0.5, 0.6) is 5.75 Å². The van der Waals surface area contributed by atoms with Gasteiger partial charge in [-0.25, -0.2) is 0 Å². The molecule has 0 spiro atoms. The quantitative estimate of drug-likeness (QED) is 0.894. The summed E-state index contributed by atoms with van der Waals surface area (Å²) in [6.07, 6.45) is 1.87. The molecule has 1 aliphatic rings. The lowest BCUT2D eigenvalue weighted by molar-refractivity contribution is 0.0172. The Morgan fingerprint density at radius 1 is 1.53 bits per heavy atom. The van der Waals surface area contributed by atoms with E-state index in [-0.39, 0.29) is 5.60 Å². The Morgan fingerprint density at radius 2 is 2.32 bits per heavy atom. The molecule has 0 saturated carbocycles. The summed E-state index contributed by atoms with van der Waals surface area (Å²) in [5, 5.41) is 3.56.